The molecule has 0 saturated carbocycles. The average molecular weight is 470 g/mol. The van der Waals surface area contributed by atoms with E-state index in [4.69, 9.17) is 16.4 Å². The number of rotatable bonds is 4. The number of carbonyl (C=O) groups is 1. The second-order valence-corrected chi connectivity index (χ2v) is 9.57. The fourth-order valence-corrected chi connectivity index (χ4v) is 4.51. The smallest absolute Gasteiger partial charge is 0.339 e. The normalized spacial score (nSPS) is 16.0. The van der Waals surface area contributed by atoms with Crippen molar-refractivity contribution in [3.05, 3.63) is 63.0 Å². The van der Waals surface area contributed by atoms with E-state index in [1.54, 1.807) is 30.3 Å². The second-order valence-electron chi connectivity index (χ2n) is 5.38. The molecule has 26 heavy (non-hydrogen) atoms. The molecule has 0 bridgehead atoms. The molecule has 9 heteroatoms. The van der Waals surface area contributed by atoms with E-state index in [2.05, 4.69) is 21.2 Å². The van der Waals surface area contributed by atoms with E-state index in [1.165, 1.54) is 18.2 Å². The Kier molecular flexibility index (Phi) is 5.52. The van der Waals surface area contributed by atoms with Crippen molar-refractivity contribution in [3.63, 3.8) is 0 Å². The predicted molar refractivity (Wildman–Crippen MR) is 109 cm³/mol. The van der Waals surface area contributed by atoms with Crippen LogP contribution in [0.3, 0.4) is 0 Å². The third-order valence-electron chi connectivity index (χ3n) is 3.41. The fraction of sp³-hybridized carbons (Fsp3) is 0.0588. The van der Waals surface area contributed by atoms with Crippen molar-refractivity contribution >= 4 is 66.3 Å². The van der Waals surface area contributed by atoms with Crippen LogP contribution in [0.5, 0.6) is 5.75 Å². The van der Waals surface area contributed by atoms with Crippen molar-refractivity contribution in [1.82, 2.24) is 5.32 Å². The minimum Gasteiger partial charge on any atom is -0.378 e. The number of halogens is 1. The SMILES string of the molecule is Cc1ccc(S(=O)(=O)Oc2ccc(Br)cc2C=C2SC(=S)NC2=O)cc1. The molecule has 2 aromatic rings. The number of hydrogen-bond donors (Lipinski definition) is 1. The molecular weight excluding hydrogens is 458 g/mol. The average Bonchev–Trinajstić information content (AvgIpc) is 2.88. The highest BCUT2D eigenvalue weighted by atomic mass is 79.9. The van der Waals surface area contributed by atoms with Gasteiger partial charge in [-0.25, -0.2) is 0 Å². The molecule has 0 radical (unpaired) electrons. The van der Waals surface area contributed by atoms with Gasteiger partial charge in [-0.3, -0.25) is 4.79 Å². The van der Waals surface area contributed by atoms with Crippen LogP contribution in [-0.2, 0) is 14.9 Å². The number of aryl methyl sites for hydroxylation is 1. The summed E-state index contributed by atoms with van der Waals surface area (Å²) in [6.45, 7) is 1.87. The van der Waals surface area contributed by atoms with Crippen LogP contribution in [0, 0.1) is 6.92 Å². The topological polar surface area (TPSA) is 72.5 Å². The van der Waals surface area contributed by atoms with E-state index in [9.17, 15) is 13.2 Å². The van der Waals surface area contributed by atoms with Crippen molar-refractivity contribution in [1.29, 1.82) is 0 Å². The summed E-state index contributed by atoms with van der Waals surface area (Å²) in [5, 5.41) is 2.52. The van der Waals surface area contributed by atoms with Crippen molar-refractivity contribution in [3.8, 4) is 5.75 Å². The molecule has 2 aromatic carbocycles. The monoisotopic (exact) mass is 469 g/mol. The van der Waals surface area contributed by atoms with Gasteiger partial charge in [0.2, 0.25) is 0 Å². The Labute approximate surface area is 169 Å². The summed E-state index contributed by atoms with van der Waals surface area (Å²) in [6.07, 6.45) is 1.55. The number of carbonyl (C=O) groups excluding carboxylic acids is 1. The van der Waals surface area contributed by atoms with E-state index in [0.29, 0.717) is 14.8 Å². The van der Waals surface area contributed by atoms with Crippen LogP contribution < -0.4 is 9.50 Å². The molecule has 1 aliphatic heterocycles. The molecule has 0 atom stereocenters. The van der Waals surface area contributed by atoms with Gasteiger partial charge in [0.05, 0.1) is 4.91 Å². The van der Waals surface area contributed by atoms with E-state index < -0.39 is 10.1 Å². The van der Waals surface area contributed by atoms with Crippen LogP contribution >= 0.6 is 39.9 Å². The largest absolute Gasteiger partial charge is 0.378 e. The Morgan fingerprint density at radius 3 is 2.50 bits per heavy atom. The highest BCUT2D eigenvalue weighted by Gasteiger charge is 2.24. The van der Waals surface area contributed by atoms with Gasteiger partial charge in [0.15, 0.2) is 0 Å². The van der Waals surface area contributed by atoms with Crippen molar-refractivity contribution < 1.29 is 17.4 Å². The fourth-order valence-electron chi connectivity index (χ4n) is 2.14. The molecule has 0 aromatic heterocycles. The maximum Gasteiger partial charge on any atom is 0.339 e. The molecule has 134 valence electrons. The first kappa shape index (κ1) is 19.1. The number of thiocarbonyl (C=S) groups is 1. The van der Waals surface area contributed by atoms with Gasteiger partial charge in [0.1, 0.15) is 15.0 Å². The predicted octanol–water partition coefficient (Wildman–Crippen LogP) is 4.01. The van der Waals surface area contributed by atoms with Crippen LogP contribution in [-0.4, -0.2) is 18.6 Å². The Morgan fingerprint density at radius 2 is 1.88 bits per heavy atom. The van der Waals surface area contributed by atoms with Gasteiger partial charge in [0.25, 0.3) is 5.91 Å². The Balaban J connectivity index is 1.98. The Bertz CT molecular complexity index is 1030. The number of hydrogen-bond acceptors (Lipinski definition) is 6. The van der Waals surface area contributed by atoms with E-state index in [-0.39, 0.29) is 16.6 Å². The number of benzene rings is 2. The highest BCUT2D eigenvalue weighted by Crippen LogP contribution is 2.32. The van der Waals surface area contributed by atoms with Crippen LogP contribution in [0.1, 0.15) is 11.1 Å². The quantitative estimate of drug-likeness (QED) is 0.414. The van der Waals surface area contributed by atoms with E-state index in [1.807, 2.05) is 6.92 Å². The lowest BCUT2D eigenvalue weighted by atomic mass is 10.2. The molecule has 0 aliphatic carbocycles. The molecule has 0 unspecified atom stereocenters. The first-order valence-corrected chi connectivity index (χ1v) is 10.7. The van der Waals surface area contributed by atoms with Gasteiger partial charge in [0, 0.05) is 10.0 Å². The zero-order valence-corrected chi connectivity index (χ0v) is 17.4. The molecule has 0 spiro atoms. The number of thioether (sulfide) groups is 1. The summed E-state index contributed by atoms with van der Waals surface area (Å²) < 4.78 is 31.5. The first-order chi connectivity index (χ1) is 12.2. The summed E-state index contributed by atoms with van der Waals surface area (Å²) in [7, 11) is -4.00. The van der Waals surface area contributed by atoms with Gasteiger partial charge >= 0.3 is 10.1 Å². The third kappa shape index (κ3) is 4.35. The molecule has 1 amide bonds. The minimum absolute atomic E-state index is 0.0544. The molecule has 1 aliphatic rings. The molecular formula is C17H12BrNO4S3. The molecule has 1 N–H and O–H groups in total. The lowest BCUT2D eigenvalue weighted by Crippen LogP contribution is -2.17. The molecule has 1 fully saturated rings. The standard InChI is InChI=1S/C17H12BrNO4S3/c1-10-2-5-13(6-3-10)26(21,22)23-14-7-4-12(18)8-11(14)9-15-16(20)19-17(24)25-15/h2-9H,1H3,(H,19,20,24). The Morgan fingerprint density at radius 1 is 1.19 bits per heavy atom. The van der Waals surface area contributed by atoms with Crippen LogP contribution in [0.2, 0.25) is 0 Å². The second kappa shape index (κ2) is 7.51. The van der Waals surface area contributed by atoms with Crippen LogP contribution in [0.15, 0.2) is 56.7 Å². The lowest BCUT2D eigenvalue weighted by molar-refractivity contribution is -0.115. The van der Waals surface area contributed by atoms with E-state index in [0.717, 1.165) is 21.8 Å². The number of amides is 1. The summed E-state index contributed by atoms with van der Waals surface area (Å²) in [6, 6.07) is 11.2. The van der Waals surface area contributed by atoms with Gasteiger partial charge < -0.3 is 9.50 Å². The van der Waals surface area contributed by atoms with Gasteiger partial charge in [-0.05, 0) is 43.3 Å². The lowest BCUT2D eigenvalue weighted by Gasteiger charge is -2.10. The van der Waals surface area contributed by atoms with Crippen molar-refractivity contribution in [2.75, 3.05) is 0 Å². The first-order valence-electron chi connectivity index (χ1n) is 7.30. The minimum atomic E-state index is -4.00. The summed E-state index contributed by atoms with van der Waals surface area (Å²) in [4.78, 5) is 12.3. The third-order valence-corrected chi connectivity index (χ3v) is 6.31. The summed E-state index contributed by atoms with van der Waals surface area (Å²) >= 11 is 9.41. The van der Waals surface area contributed by atoms with Gasteiger partial charge in [-0.1, -0.05) is 57.6 Å². The van der Waals surface area contributed by atoms with Gasteiger partial charge in [-0.2, -0.15) is 8.42 Å². The van der Waals surface area contributed by atoms with Crippen LogP contribution in [0.25, 0.3) is 6.08 Å². The molecule has 5 nitrogen and oxygen atoms in total. The number of nitrogens with one attached hydrogen (secondary N) is 1. The van der Waals surface area contributed by atoms with Crippen molar-refractivity contribution in [2.45, 2.75) is 11.8 Å². The highest BCUT2D eigenvalue weighted by molar-refractivity contribution is 9.10. The zero-order valence-electron chi connectivity index (χ0n) is 13.4. The maximum absolute atomic E-state index is 12.5. The van der Waals surface area contributed by atoms with Gasteiger partial charge in [-0.15, -0.1) is 0 Å². The van der Waals surface area contributed by atoms with Crippen molar-refractivity contribution in [2.24, 2.45) is 0 Å². The molecule has 1 saturated heterocycles. The zero-order chi connectivity index (χ0) is 18.9. The Hall–Kier alpha value is -1.68. The summed E-state index contributed by atoms with van der Waals surface area (Å²) in [5.74, 6) is -0.209. The molecule has 3 rings (SSSR count). The van der Waals surface area contributed by atoms with Crippen LogP contribution in [0.4, 0.5) is 0 Å². The molecule has 1 heterocycles. The summed E-state index contributed by atoms with van der Waals surface area (Å²) in [5.41, 5.74) is 1.38. The van der Waals surface area contributed by atoms with E-state index >= 15 is 0 Å². The maximum atomic E-state index is 12.5.